The van der Waals surface area contributed by atoms with Gasteiger partial charge in [0.1, 0.15) is 5.82 Å². The monoisotopic (exact) mass is 367 g/mol. The lowest BCUT2D eigenvalue weighted by atomic mass is 9.85. The van der Waals surface area contributed by atoms with Crippen molar-refractivity contribution in [3.63, 3.8) is 0 Å². The van der Waals surface area contributed by atoms with Crippen molar-refractivity contribution in [1.29, 1.82) is 0 Å². The second kappa shape index (κ2) is 6.34. The van der Waals surface area contributed by atoms with Gasteiger partial charge in [-0.3, -0.25) is 4.79 Å². The lowest BCUT2D eigenvalue weighted by molar-refractivity contribution is -0.183. The van der Waals surface area contributed by atoms with Gasteiger partial charge in [0, 0.05) is 10.5 Å². The fourth-order valence-corrected chi connectivity index (χ4v) is 3.11. The van der Waals surface area contributed by atoms with Gasteiger partial charge in [0.15, 0.2) is 0 Å². The molecule has 1 N–H and O–H groups in total. The van der Waals surface area contributed by atoms with E-state index in [1.165, 1.54) is 12.1 Å². The molecule has 0 heterocycles. The zero-order chi connectivity index (χ0) is 15.6. The highest BCUT2D eigenvalue weighted by Crippen LogP contribution is 2.37. The Labute approximate surface area is 128 Å². The molecule has 21 heavy (non-hydrogen) atoms. The Bertz CT molecular complexity index is 512. The summed E-state index contributed by atoms with van der Waals surface area (Å²) in [5.41, 5.74) is -0.174. The first-order valence-corrected chi connectivity index (χ1v) is 7.40. The summed E-state index contributed by atoms with van der Waals surface area (Å²) in [6, 6.07) is 3.51. The van der Waals surface area contributed by atoms with Gasteiger partial charge < -0.3 is 5.32 Å². The predicted octanol–water partition coefficient (Wildman–Crippen LogP) is 4.44. The van der Waals surface area contributed by atoms with E-state index >= 15 is 0 Å². The topological polar surface area (TPSA) is 29.1 Å². The van der Waals surface area contributed by atoms with Crippen LogP contribution in [0.5, 0.6) is 0 Å². The normalized spacial score (nSPS) is 22.9. The van der Waals surface area contributed by atoms with Gasteiger partial charge in [-0.15, -0.1) is 0 Å². The Morgan fingerprint density at radius 3 is 2.62 bits per heavy atom. The van der Waals surface area contributed by atoms with E-state index in [0.29, 0.717) is 12.8 Å². The third-order valence-corrected chi connectivity index (χ3v) is 4.32. The van der Waals surface area contributed by atoms with E-state index in [9.17, 15) is 22.4 Å². The summed E-state index contributed by atoms with van der Waals surface area (Å²) in [7, 11) is 0. The van der Waals surface area contributed by atoms with Crippen LogP contribution in [-0.2, 0) is 0 Å². The van der Waals surface area contributed by atoms with Gasteiger partial charge >= 0.3 is 6.18 Å². The first kappa shape index (κ1) is 16.3. The molecule has 2 nitrogen and oxygen atoms in total. The van der Waals surface area contributed by atoms with E-state index in [4.69, 9.17) is 0 Å². The smallest absolute Gasteiger partial charge is 0.349 e. The fourth-order valence-electron chi connectivity index (χ4n) is 2.59. The summed E-state index contributed by atoms with van der Waals surface area (Å²) < 4.78 is 52.1. The number of amides is 1. The molecule has 1 aliphatic rings. The fraction of sp³-hybridized carbons (Fsp3) is 0.500. The van der Waals surface area contributed by atoms with Crippen LogP contribution in [0.15, 0.2) is 22.7 Å². The van der Waals surface area contributed by atoms with E-state index in [0.717, 1.165) is 6.07 Å². The van der Waals surface area contributed by atoms with Crippen LogP contribution in [0, 0.1) is 11.7 Å². The molecular formula is C14H14BrF4NO. The molecule has 116 valence electrons. The Kier molecular flexibility index (Phi) is 4.91. The molecule has 0 spiro atoms. The largest absolute Gasteiger partial charge is 0.391 e. The van der Waals surface area contributed by atoms with E-state index in [2.05, 4.69) is 21.2 Å². The van der Waals surface area contributed by atoms with E-state index in [1.807, 2.05) is 0 Å². The highest BCUT2D eigenvalue weighted by molar-refractivity contribution is 9.10. The Balaban J connectivity index is 2.06. The van der Waals surface area contributed by atoms with Crippen LogP contribution < -0.4 is 5.32 Å². The molecule has 0 bridgehead atoms. The highest BCUT2D eigenvalue weighted by Gasteiger charge is 2.42. The summed E-state index contributed by atoms with van der Waals surface area (Å²) in [5, 5.41) is 2.51. The maximum atomic E-state index is 13.7. The summed E-state index contributed by atoms with van der Waals surface area (Å²) in [6.45, 7) is 0. The quantitative estimate of drug-likeness (QED) is 0.769. The Morgan fingerprint density at radius 1 is 1.29 bits per heavy atom. The Hall–Kier alpha value is -1.11. The van der Waals surface area contributed by atoms with Crippen LogP contribution in [0.2, 0.25) is 0 Å². The number of hydrogen-bond acceptors (Lipinski definition) is 1. The van der Waals surface area contributed by atoms with Crippen LogP contribution in [0.4, 0.5) is 17.6 Å². The van der Waals surface area contributed by atoms with Gasteiger partial charge in [0.05, 0.1) is 11.5 Å². The molecule has 2 unspecified atom stereocenters. The molecule has 1 saturated carbocycles. The summed E-state index contributed by atoms with van der Waals surface area (Å²) in [4.78, 5) is 12.0. The minimum absolute atomic E-state index is 0.0826. The average molecular weight is 368 g/mol. The van der Waals surface area contributed by atoms with E-state index in [-0.39, 0.29) is 22.9 Å². The molecule has 1 aromatic carbocycles. The highest BCUT2D eigenvalue weighted by atomic mass is 79.9. The first-order valence-electron chi connectivity index (χ1n) is 6.60. The number of alkyl halides is 3. The maximum Gasteiger partial charge on any atom is 0.391 e. The van der Waals surface area contributed by atoms with Crippen molar-refractivity contribution in [2.24, 2.45) is 5.92 Å². The van der Waals surface area contributed by atoms with Gasteiger partial charge in [0.2, 0.25) is 0 Å². The zero-order valence-corrected chi connectivity index (χ0v) is 12.6. The predicted molar refractivity (Wildman–Crippen MR) is 73.4 cm³/mol. The average Bonchev–Trinajstić information content (AvgIpc) is 2.37. The van der Waals surface area contributed by atoms with Crippen molar-refractivity contribution in [3.05, 3.63) is 34.1 Å². The van der Waals surface area contributed by atoms with Crippen LogP contribution in [0.1, 0.15) is 36.0 Å². The number of nitrogens with one attached hydrogen (secondary N) is 1. The molecule has 7 heteroatoms. The number of rotatable bonds is 2. The van der Waals surface area contributed by atoms with Crippen molar-refractivity contribution in [1.82, 2.24) is 5.32 Å². The molecule has 1 aromatic rings. The standard InChI is InChI=1S/C14H14BrF4NO/c15-10-5-2-6-11(16)12(10)13(21)20-9-4-1-3-8(7-9)14(17,18)19/h2,5-6,8-9H,1,3-4,7H2,(H,20,21). The number of hydrogen-bond donors (Lipinski definition) is 1. The van der Waals surface area contributed by atoms with Gasteiger partial charge in [-0.2, -0.15) is 13.2 Å². The summed E-state index contributed by atoms with van der Waals surface area (Å²) in [6.07, 6.45) is -3.44. The molecule has 1 fully saturated rings. The number of halogens is 5. The third kappa shape index (κ3) is 3.96. The van der Waals surface area contributed by atoms with Gasteiger partial charge in [-0.1, -0.05) is 12.5 Å². The lowest BCUT2D eigenvalue weighted by Gasteiger charge is -2.31. The number of benzene rings is 1. The molecule has 1 amide bonds. The molecule has 0 aromatic heterocycles. The number of carbonyl (C=O) groups excluding carboxylic acids is 1. The van der Waals surface area contributed by atoms with E-state index in [1.54, 1.807) is 0 Å². The van der Waals surface area contributed by atoms with Crippen LogP contribution in [-0.4, -0.2) is 18.1 Å². The molecule has 0 saturated heterocycles. The Morgan fingerprint density at radius 2 is 2.00 bits per heavy atom. The molecular weight excluding hydrogens is 354 g/mol. The van der Waals surface area contributed by atoms with Crippen molar-refractivity contribution in [2.75, 3.05) is 0 Å². The van der Waals surface area contributed by atoms with Gasteiger partial charge in [-0.05, 0) is 47.3 Å². The number of carbonyl (C=O) groups is 1. The van der Waals surface area contributed by atoms with Crippen molar-refractivity contribution in [3.8, 4) is 0 Å². The molecule has 2 atom stereocenters. The first-order chi connectivity index (χ1) is 9.79. The molecule has 1 aliphatic carbocycles. The van der Waals surface area contributed by atoms with E-state index < -0.39 is 29.9 Å². The van der Waals surface area contributed by atoms with Crippen LogP contribution in [0.3, 0.4) is 0 Å². The molecule has 2 rings (SSSR count). The lowest BCUT2D eigenvalue weighted by Crippen LogP contribution is -2.41. The van der Waals surface area contributed by atoms with Gasteiger partial charge in [-0.25, -0.2) is 4.39 Å². The molecule has 0 radical (unpaired) electrons. The second-order valence-electron chi connectivity index (χ2n) is 5.17. The van der Waals surface area contributed by atoms with Crippen LogP contribution >= 0.6 is 15.9 Å². The SMILES string of the molecule is O=C(NC1CCCC(C(F)(F)F)C1)c1c(F)cccc1Br. The summed E-state index contributed by atoms with van der Waals surface area (Å²) in [5.74, 6) is -2.79. The van der Waals surface area contributed by atoms with Crippen molar-refractivity contribution < 1.29 is 22.4 Å². The van der Waals surface area contributed by atoms with Crippen LogP contribution in [0.25, 0.3) is 0 Å². The summed E-state index contributed by atoms with van der Waals surface area (Å²) >= 11 is 3.08. The molecule has 0 aliphatic heterocycles. The third-order valence-electron chi connectivity index (χ3n) is 3.66. The minimum Gasteiger partial charge on any atom is -0.349 e. The zero-order valence-electron chi connectivity index (χ0n) is 11.0. The van der Waals surface area contributed by atoms with Gasteiger partial charge in [0.25, 0.3) is 5.91 Å². The van der Waals surface area contributed by atoms with Crippen molar-refractivity contribution >= 4 is 21.8 Å². The minimum atomic E-state index is -4.25. The van der Waals surface area contributed by atoms with Crippen molar-refractivity contribution in [2.45, 2.75) is 37.9 Å². The second-order valence-corrected chi connectivity index (χ2v) is 6.03. The maximum absolute atomic E-state index is 13.7.